The van der Waals surface area contributed by atoms with Gasteiger partial charge < -0.3 is 15.7 Å². The summed E-state index contributed by atoms with van der Waals surface area (Å²) in [4.78, 5) is 8.57. The number of hydrogen-bond acceptors (Lipinski definition) is 7. The lowest BCUT2D eigenvalue weighted by Crippen LogP contribution is -2.47. The third kappa shape index (κ3) is 2.55. The van der Waals surface area contributed by atoms with Crippen molar-refractivity contribution >= 4 is 22.6 Å². The van der Waals surface area contributed by atoms with Crippen molar-refractivity contribution in [2.45, 2.75) is 0 Å². The predicted molar refractivity (Wildman–Crippen MR) is 60.1 cm³/mol. The molecule has 3 N–H and O–H groups in total. The number of rotatable bonds is 3. The molecule has 7 heteroatoms. The molecular formula is C8H15N5OS. The zero-order valence-electron chi connectivity index (χ0n) is 8.46. The molecule has 2 heterocycles. The second-order valence-corrected chi connectivity index (χ2v) is 4.22. The van der Waals surface area contributed by atoms with Crippen LogP contribution in [0, 0.1) is 0 Å². The Kier molecular flexibility index (Phi) is 3.34. The summed E-state index contributed by atoms with van der Waals surface area (Å²) in [5.41, 5.74) is 5.48. The monoisotopic (exact) mass is 229 g/mol. The first-order valence-electron chi connectivity index (χ1n) is 4.97. The van der Waals surface area contributed by atoms with Crippen LogP contribution in [0.3, 0.4) is 0 Å². The Morgan fingerprint density at radius 2 is 2.07 bits per heavy atom. The van der Waals surface area contributed by atoms with E-state index in [0.717, 1.165) is 37.9 Å². The van der Waals surface area contributed by atoms with Crippen LogP contribution in [0.25, 0.3) is 0 Å². The molecule has 1 aromatic rings. The Morgan fingerprint density at radius 3 is 2.60 bits per heavy atom. The quantitative estimate of drug-likeness (QED) is 0.709. The second-order valence-electron chi connectivity index (χ2n) is 3.49. The summed E-state index contributed by atoms with van der Waals surface area (Å²) < 4.78 is 3.96. The molecule has 0 spiro atoms. The van der Waals surface area contributed by atoms with E-state index >= 15 is 0 Å². The van der Waals surface area contributed by atoms with E-state index in [1.165, 1.54) is 11.5 Å². The molecule has 84 valence electrons. The van der Waals surface area contributed by atoms with Crippen LogP contribution in [0.15, 0.2) is 0 Å². The van der Waals surface area contributed by atoms with Crippen molar-refractivity contribution in [3.8, 4) is 0 Å². The van der Waals surface area contributed by atoms with E-state index in [0.29, 0.717) is 5.95 Å². The minimum Gasteiger partial charge on any atom is -0.395 e. The van der Waals surface area contributed by atoms with Gasteiger partial charge in [-0.05, 0) is 0 Å². The van der Waals surface area contributed by atoms with E-state index in [1.807, 2.05) is 0 Å². The fourth-order valence-electron chi connectivity index (χ4n) is 1.66. The van der Waals surface area contributed by atoms with E-state index in [4.69, 9.17) is 10.8 Å². The molecule has 2 rings (SSSR count). The topological polar surface area (TPSA) is 78.5 Å². The molecule has 1 fully saturated rings. The van der Waals surface area contributed by atoms with Gasteiger partial charge in [0.15, 0.2) is 0 Å². The molecule has 0 radical (unpaired) electrons. The van der Waals surface area contributed by atoms with Crippen LogP contribution in [-0.2, 0) is 0 Å². The lowest BCUT2D eigenvalue weighted by molar-refractivity contribution is 0.189. The van der Waals surface area contributed by atoms with Crippen LogP contribution in [0.2, 0.25) is 0 Å². The SMILES string of the molecule is Nc1nsc(N2CCN(CCO)CC2)n1. The highest BCUT2D eigenvalue weighted by Crippen LogP contribution is 2.19. The van der Waals surface area contributed by atoms with Crippen molar-refractivity contribution in [1.82, 2.24) is 14.3 Å². The summed E-state index contributed by atoms with van der Waals surface area (Å²) in [5, 5.41) is 9.71. The van der Waals surface area contributed by atoms with E-state index in [-0.39, 0.29) is 6.61 Å². The molecule has 1 aliphatic heterocycles. The van der Waals surface area contributed by atoms with Crippen LogP contribution in [0.5, 0.6) is 0 Å². The largest absolute Gasteiger partial charge is 0.395 e. The second kappa shape index (κ2) is 4.73. The van der Waals surface area contributed by atoms with Crippen molar-refractivity contribution in [2.75, 3.05) is 50.0 Å². The van der Waals surface area contributed by atoms with Gasteiger partial charge in [-0.3, -0.25) is 4.90 Å². The number of β-amino-alcohol motifs (C(OH)–C–C–N with tert-alkyl or cyclic N) is 1. The molecule has 1 aromatic heterocycles. The van der Waals surface area contributed by atoms with Crippen LogP contribution in [-0.4, -0.2) is 58.7 Å². The van der Waals surface area contributed by atoms with Crippen molar-refractivity contribution in [1.29, 1.82) is 0 Å². The van der Waals surface area contributed by atoms with Crippen molar-refractivity contribution in [3.63, 3.8) is 0 Å². The highest BCUT2D eigenvalue weighted by atomic mass is 32.1. The normalized spacial score (nSPS) is 18.3. The maximum atomic E-state index is 8.81. The molecule has 0 amide bonds. The minimum absolute atomic E-state index is 0.228. The molecule has 0 aromatic carbocycles. The lowest BCUT2D eigenvalue weighted by atomic mass is 10.3. The molecule has 1 saturated heterocycles. The van der Waals surface area contributed by atoms with E-state index in [2.05, 4.69) is 19.2 Å². The van der Waals surface area contributed by atoms with Gasteiger partial charge in [0.25, 0.3) is 0 Å². The number of anilines is 2. The number of piperazine rings is 1. The number of nitrogens with two attached hydrogens (primary N) is 1. The van der Waals surface area contributed by atoms with Gasteiger partial charge >= 0.3 is 0 Å². The maximum absolute atomic E-state index is 8.81. The first kappa shape index (κ1) is 10.6. The predicted octanol–water partition coefficient (Wildman–Crippen LogP) is -0.765. The minimum atomic E-state index is 0.228. The summed E-state index contributed by atoms with van der Waals surface area (Å²) in [5.74, 6) is 0.354. The van der Waals surface area contributed by atoms with Gasteiger partial charge in [-0.25, -0.2) is 0 Å². The molecule has 15 heavy (non-hydrogen) atoms. The molecule has 0 atom stereocenters. The zero-order chi connectivity index (χ0) is 10.7. The van der Waals surface area contributed by atoms with Gasteiger partial charge in [0.05, 0.1) is 6.61 Å². The first-order chi connectivity index (χ1) is 7.29. The molecule has 6 nitrogen and oxygen atoms in total. The van der Waals surface area contributed by atoms with Crippen LogP contribution in [0.4, 0.5) is 11.1 Å². The highest BCUT2D eigenvalue weighted by Gasteiger charge is 2.18. The van der Waals surface area contributed by atoms with Crippen molar-refractivity contribution < 1.29 is 5.11 Å². The number of hydrogen-bond donors (Lipinski definition) is 2. The highest BCUT2D eigenvalue weighted by molar-refractivity contribution is 7.09. The fraction of sp³-hybridized carbons (Fsp3) is 0.750. The molecule has 0 bridgehead atoms. The summed E-state index contributed by atoms with van der Waals surface area (Å²) in [6.45, 7) is 4.75. The average Bonchev–Trinajstić information content (AvgIpc) is 2.67. The number of nitrogens with zero attached hydrogens (tertiary/aromatic N) is 4. The Bertz CT molecular complexity index is 310. The van der Waals surface area contributed by atoms with Gasteiger partial charge in [-0.1, -0.05) is 0 Å². The first-order valence-corrected chi connectivity index (χ1v) is 5.74. The average molecular weight is 229 g/mol. The number of aromatic nitrogens is 2. The third-order valence-electron chi connectivity index (χ3n) is 2.49. The van der Waals surface area contributed by atoms with Gasteiger partial charge in [-0.15, -0.1) is 0 Å². The van der Waals surface area contributed by atoms with Crippen LogP contribution < -0.4 is 10.6 Å². The third-order valence-corrected chi connectivity index (χ3v) is 3.28. The van der Waals surface area contributed by atoms with Crippen molar-refractivity contribution in [3.05, 3.63) is 0 Å². The van der Waals surface area contributed by atoms with Gasteiger partial charge in [0, 0.05) is 44.3 Å². The Labute approximate surface area is 92.5 Å². The fourth-order valence-corrected chi connectivity index (χ4v) is 2.31. The summed E-state index contributed by atoms with van der Waals surface area (Å²) in [6.07, 6.45) is 0. The van der Waals surface area contributed by atoms with Crippen LogP contribution in [0.1, 0.15) is 0 Å². The van der Waals surface area contributed by atoms with Gasteiger partial charge in [0.1, 0.15) is 0 Å². The molecular weight excluding hydrogens is 214 g/mol. The molecule has 1 aliphatic rings. The molecule has 0 unspecified atom stereocenters. The smallest absolute Gasteiger partial charge is 0.233 e. The summed E-state index contributed by atoms with van der Waals surface area (Å²) in [7, 11) is 0. The van der Waals surface area contributed by atoms with E-state index < -0.39 is 0 Å². The Hall–Kier alpha value is -0.920. The summed E-state index contributed by atoms with van der Waals surface area (Å²) in [6, 6.07) is 0. The van der Waals surface area contributed by atoms with E-state index in [1.54, 1.807) is 0 Å². The Morgan fingerprint density at radius 1 is 1.33 bits per heavy atom. The number of aliphatic hydroxyl groups excluding tert-OH is 1. The van der Waals surface area contributed by atoms with Gasteiger partial charge in [-0.2, -0.15) is 9.36 Å². The molecule has 0 aliphatic carbocycles. The van der Waals surface area contributed by atoms with Gasteiger partial charge in [0.2, 0.25) is 11.1 Å². The zero-order valence-corrected chi connectivity index (χ0v) is 9.28. The molecule has 0 saturated carbocycles. The Balaban J connectivity index is 1.88. The number of nitrogen functional groups attached to an aromatic ring is 1. The standard InChI is InChI=1S/C8H15N5OS/c9-7-10-8(15-11-7)13-3-1-12(2-4-13)5-6-14/h14H,1-6H2,(H2,9,11). The van der Waals surface area contributed by atoms with Crippen LogP contribution >= 0.6 is 11.5 Å². The maximum Gasteiger partial charge on any atom is 0.233 e. The lowest BCUT2D eigenvalue weighted by Gasteiger charge is -2.33. The van der Waals surface area contributed by atoms with Crippen molar-refractivity contribution in [2.24, 2.45) is 0 Å². The number of aliphatic hydroxyl groups is 1. The summed E-state index contributed by atoms with van der Waals surface area (Å²) >= 11 is 1.34. The van der Waals surface area contributed by atoms with E-state index in [9.17, 15) is 0 Å².